The molecule has 0 saturated carbocycles. The third-order valence-electron chi connectivity index (χ3n) is 3.84. The molecule has 0 spiro atoms. The summed E-state index contributed by atoms with van der Waals surface area (Å²) in [5, 5.41) is 4.49. The third-order valence-corrected chi connectivity index (χ3v) is 4.82. The Hall–Kier alpha value is -2.23. The average Bonchev–Trinajstić information content (AvgIpc) is 3.02. The quantitative estimate of drug-likeness (QED) is 0.590. The van der Waals surface area contributed by atoms with Crippen LogP contribution in [0.25, 0.3) is 21.0 Å². The molecule has 2 heterocycles. The number of nitrogens with zero attached hydrogens (tertiary/aromatic N) is 1. The predicted molar refractivity (Wildman–Crippen MR) is 89.6 cm³/mol. The highest BCUT2D eigenvalue weighted by molar-refractivity contribution is 7.17. The molecule has 0 amide bonds. The van der Waals surface area contributed by atoms with E-state index in [0.29, 0.717) is 0 Å². The van der Waals surface area contributed by atoms with Crippen LogP contribution in [0.1, 0.15) is 17.2 Å². The second-order valence-electron chi connectivity index (χ2n) is 5.09. The molecule has 0 aliphatic carbocycles. The summed E-state index contributed by atoms with van der Waals surface area (Å²) in [4.78, 5) is 4.52. The topological polar surface area (TPSA) is 38.9 Å². The summed E-state index contributed by atoms with van der Waals surface area (Å²) in [5.41, 5.74) is 9.81. The van der Waals surface area contributed by atoms with Crippen LogP contribution in [0.2, 0.25) is 0 Å². The van der Waals surface area contributed by atoms with Crippen LogP contribution in [-0.2, 0) is 0 Å². The van der Waals surface area contributed by atoms with Crippen molar-refractivity contribution in [2.75, 3.05) is 0 Å². The Morgan fingerprint density at radius 3 is 2.52 bits per heavy atom. The highest BCUT2D eigenvalue weighted by atomic mass is 32.1. The van der Waals surface area contributed by atoms with E-state index in [9.17, 15) is 0 Å². The Morgan fingerprint density at radius 1 is 0.857 bits per heavy atom. The number of benzene rings is 2. The molecule has 4 rings (SSSR count). The van der Waals surface area contributed by atoms with E-state index in [0.717, 1.165) is 16.5 Å². The minimum absolute atomic E-state index is 0.161. The Labute approximate surface area is 126 Å². The highest BCUT2D eigenvalue weighted by Crippen LogP contribution is 2.33. The van der Waals surface area contributed by atoms with Crippen LogP contribution in [0.15, 0.2) is 66.2 Å². The Morgan fingerprint density at radius 2 is 1.62 bits per heavy atom. The number of hydrogen-bond donors (Lipinski definition) is 1. The molecule has 21 heavy (non-hydrogen) atoms. The van der Waals surface area contributed by atoms with Crippen molar-refractivity contribution >= 4 is 32.3 Å². The van der Waals surface area contributed by atoms with E-state index in [1.165, 1.54) is 15.6 Å². The second-order valence-corrected chi connectivity index (χ2v) is 6.00. The monoisotopic (exact) mass is 290 g/mol. The van der Waals surface area contributed by atoms with Gasteiger partial charge in [0, 0.05) is 16.3 Å². The number of hydrogen-bond acceptors (Lipinski definition) is 3. The first kappa shape index (κ1) is 12.5. The summed E-state index contributed by atoms with van der Waals surface area (Å²) in [7, 11) is 0. The van der Waals surface area contributed by atoms with Gasteiger partial charge in [-0.2, -0.15) is 0 Å². The van der Waals surface area contributed by atoms with E-state index < -0.39 is 0 Å². The van der Waals surface area contributed by atoms with Crippen molar-refractivity contribution in [2.45, 2.75) is 6.04 Å². The van der Waals surface area contributed by atoms with Gasteiger partial charge in [-0.05, 0) is 34.0 Å². The lowest BCUT2D eigenvalue weighted by molar-refractivity contribution is 0.888. The summed E-state index contributed by atoms with van der Waals surface area (Å²) < 4.78 is 1.26. The van der Waals surface area contributed by atoms with E-state index in [-0.39, 0.29) is 6.04 Å². The first-order valence-electron chi connectivity index (χ1n) is 6.90. The summed E-state index contributed by atoms with van der Waals surface area (Å²) in [6.45, 7) is 0. The molecular weight excluding hydrogens is 276 g/mol. The van der Waals surface area contributed by atoms with Crippen molar-refractivity contribution in [1.82, 2.24) is 4.98 Å². The second kappa shape index (κ2) is 4.95. The molecule has 2 nitrogen and oxygen atoms in total. The predicted octanol–water partition coefficient (Wildman–Crippen LogP) is 4.50. The van der Waals surface area contributed by atoms with Crippen LogP contribution in [-0.4, -0.2) is 4.98 Å². The fourth-order valence-electron chi connectivity index (χ4n) is 2.81. The normalized spacial score (nSPS) is 12.8. The molecule has 1 unspecified atom stereocenters. The zero-order chi connectivity index (χ0) is 14.2. The van der Waals surface area contributed by atoms with Crippen LogP contribution >= 0.6 is 11.3 Å². The molecule has 0 bridgehead atoms. The molecular formula is C18H14N2S. The average molecular weight is 290 g/mol. The van der Waals surface area contributed by atoms with Crippen molar-refractivity contribution in [3.8, 4) is 0 Å². The zero-order valence-corrected chi connectivity index (χ0v) is 12.2. The van der Waals surface area contributed by atoms with Crippen LogP contribution in [0.4, 0.5) is 0 Å². The standard InChI is InChI=1S/C18H14N2S/c19-16(15-8-2-5-13-9-11-21-18(13)15)14-7-1-4-12-6-3-10-20-17(12)14/h1-11,16H,19H2. The molecule has 2 aromatic carbocycles. The Balaban J connectivity index is 1.94. The molecule has 2 N–H and O–H groups in total. The Bertz CT molecular complexity index is 921. The molecule has 0 aliphatic heterocycles. The van der Waals surface area contributed by atoms with Crippen LogP contribution < -0.4 is 5.73 Å². The largest absolute Gasteiger partial charge is 0.320 e. The number of pyridine rings is 1. The van der Waals surface area contributed by atoms with Gasteiger partial charge in [0.05, 0.1) is 11.6 Å². The van der Waals surface area contributed by atoms with Gasteiger partial charge >= 0.3 is 0 Å². The summed E-state index contributed by atoms with van der Waals surface area (Å²) >= 11 is 1.74. The third kappa shape index (κ3) is 2.02. The maximum Gasteiger partial charge on any atom is 0.0753 e. The summed E-state index contributed by atoms with van der Waals surface area (Å²) in [5.74, 6) is 0. The lowest BCUT2D eigenvalue weighted by Crippen LogP contribution is -2.12. The lowest BCUT2D eigenvalue weighted by atomic mass is 9.96. The number of thiophene rings is 1. The van der Waals surface area contributed by atoms with Gasteiger partial charge in [0.15, 0.2) is 0 Å². The molecule has 0 aliphatic rings. The van der Waals surface area contributed by atoms with Crippen LogP contribution in [0.3, 0.4) is 0 Å². The van der Waals surface area contributed by atoms with Crippen molar-refractivity contribution in [3.63, 3.8) is 0 Å². The van der Waals surface area contributed by atoms with Gasteiger partial charge in [0.25, 0.3) is 0 Å². The number of para-hydroxylation sites is 1. The first-order valence-corrected chi connectivity index (χ1v) is 7.78. The van der Waals surface area contributed by atoms with Crippen molar-refractivity contribution in [1.29, 1.82) is 0 Å². The highest BCUT2D eigenvalue weighted by Gasteiger charge is 2.15. The SMILES string of the molecule is NC(c1cccc2cccnc12)c1cccc2ccsc12. The number of rotatable bonds is 2. The van der Waals surface area contributed by atoms with E-state index >= 15 is 0 Å². The zero-order valence-electron chi connectivity index (χ0n) is 11.4. The van der Waals surface area contributed by atoms with Gasteiger partial charge in [-0.15, -0.1) is 11.3 Å². The van der Waals surface area contributed by atoms with Crippen molar-refractivity contribution < 1.29 is 0 Å². The van der Waals surface area contributed by atoms with Crippen molar-refractivity contribution in [3.05, 3.63) is 77.3 Å². The van der Waals surface area contributed by atoms with Gasteiger partial charge in [-0.25, -0.2) is 0 Å². The van der Waals surface area contributed by atoms with E-state index in [1.807, 2.05) is 18.3 Å². The molecule has 0 radical (unpaired) electrons. The summed E-state index contributed by atoms with van der Waals surface area (Å²) in [6.07, 6.45) is 1.82. The van der Waals surface area contributed by atoms with Crippen LogP contribution in [0, 0.1) is 0 Å². The lowest BCUT2D eigenvalue weighted by Gasteiger charge is -2.15. The van der Waals surface area contributed by atoms with Gasteiger partial charge in [0.1, 0.15) is 0 Å². The minimum atomic E-state index is -0.161. The fourth-order valence-corrected chi connectivity index (χ4v) is 3.76. The van der Waals surface area contributed by atoms with E-state index in [4.69, 9.17) is 5.73 Å². The number of nitrogens with two attached hydrogens (primary N) is 1. The molecule has 0 fully saturated rings. The first-order chi connectivity index (χ1) is 10.3. The molecule has 102 valence electrons. The van der Waals surface area contributed by atoms with Crippen LogP contribution in [0.5, 0.6) is 0 Å². The smallest absolute Gasteiger partial charge is 0.0753 e. The molecule has 3 heteroatoms. The maximum absolute atomic E-state index is 6.57. The van der Waals surface area contributed by atoms with E-state index in [2.05, 4.69) is 52.8 Å². The summed E-state index contributed by atoms with van der Waals surface area (Å²) in [6, 6.07) is 18.5. The van der Waals surface area contributed by atoms with Gasteiger partial charge in [-0.3, -0.25) is 4.98 Å². The van der Waals surface area contributed by atoms with Crippen molar-refractivity contribution in [2.24, 2.45) is 5.73 Å². The number of aromatic nitrogens is 1. The number of fused-ring (bicyclic) bond motifs is 2. The molecule has 0 saturated heterocycles. The van der Waals surface area contributed by atoms with Gasteiger partial charge < -0.3 is 5.73 Å². The van der Waals surface area contributed by atoms with E-state index in [1.54, 1.807) is 11.3 Å². The molecule has 1 atom stereocenters. The van der Waals surface area contributed by atoms with Gasteiger partial charge in [0.2, 0.25) is 0 Å². The van der Waals surface area contributed by atoms with Gasteiger partial charge in [-0.1, -0.05) is 42.5 Å². The maximum atomic E-state index is 6.57. The fraction of sp³-hybridized carbons (Fsp3) is 0.0556. The minimum Gasteiger partial charge on any atom is -0.320 e. The molecule has 2 aromatic heterocycles. The Kier molecular flexibility index (Phi) is 2.95. The molecule has 4 aromatic rings.